The van der Waals surface area contributed by atoms with Crippen molar-refractivity contribution in [2.24, 2.45) is 5.73 Å². The monoisotopic (exact) mass is 328 g/mol. The molecule has 2 aromatic heterocycles. The lowest BCUT2D eigenvalue weighted by molar-refractivity contribution is -0.326. The van der Waals surface area contributed by atoms with Gasteiger partial charge in [0.1, 0.15) is 10.7 Å². The zero-order valence-corrected chi connectivity index (χ0v) is 12.8. The highest BCUT2D eigenvalue weighted by Crippen LogP contribution is 2.32. The number of nitrogens with two attached hydrogens (primary N) is 1. The molecular weight excluding hydrogens is 318 g/mol. The molecule has 1 aromatic carbocycles. The third kappa shape index (κ3) is 2.34. The van der Waals surface area contributed by atoms with Crippen LogP contribution in [0.2, 0.25) is 0 Å². The van der Waals surface area contributed by atoms with Crippen molar-refractivity contribution in [1.29, 1.82) is 0 Å². The van der Waals surface area contributed by atoms with Crippen molar-refractivity contribution in [3.05, 3.63) is 47.1 Å². The van der Waals surface area contributed by atoms with E-state index in [1.54, 1.807) is 17.4 Å². The number of thioether (sulfide) groups is 1. The number of nitrogens with zero attached hydrogens (tertiary/aromatic N) is 1. The number of thiazole rings is 1. The molecule has 4 rings (SSSR count). The minimum Gasteiger partial charge on any atom is -0.454 e. The lowest BCUT2D eigenvalue weighted by Crippen LogP contribution is -2.74. The topological polar surface area (TPSA) is 83.1 Å². The third-order valence-corrected chi connectivity index (χ3v) is 5.01. The van der Waals surface area contributed by atoms with Crippen molar-refractivity contribution in [1.82, 2.24) is 4.98 Å². The van der Waals surface area contributed by atoms with Gasteiger partial charge in [0.15, 0.2) is 10.8 Å². The van der Waals surface area contributed by atoms with Crippen LogP contribution in [0.3, 0.4) is 0 Å². The Bertz CT molecular complexity index is 920. The summed E-state index contributed by atoms with van der Waals surface area (Å²) in [5, 5.41) is 0.651. The van der Waals surface area contributed by atoms with Crippen LogP contribution in [-0.4, -0.2) is 16.1 Å². The van der Waals surface area contributed by atoms with Crippen LogP contribution in [-0.2, 0) is 0 Å². The number of carbonyl (C=O) groups excluding carboxylic acids is 1. The Morgan fingerprint density at radius 2 is 2.09 bits per heavy atom. The maximum Gasteiger partial charge on any atom is 0.372 e. The Balaban J connectivity index is 1.68. The number of furan rings is 1. The normalized spacial score (nSPS) is 16.6. The van der Waals surface area contributed by atoms with Crippen molar-refractivity contribution in [3.8, 4) is 10.8 Å². The Morgan fingerprint density at radius 1 is 1.23 bits per heavy atom. The Morgan fingerprint density at radius 3 is 2.86 bits per heavy atom. The molecule has 0 bridgehead atoms. The van der Waals surface area contributed by atoms with E-state index in [9.17, 15) is 4.79 Å². The number of hydrogen-bond acceptors (Lipinski definition) is 6. The number of amides is 1. The fourth-order valence-electron chi connectivity index (χ4n) is 2.11. The Labute approximate surface area is 133 Å². The summed E-state index contributed by atoms with van der Waals surface area (Å²) in [6.45, 7) is 0. The van der Waals surface area contributed by atoms with Gasteiger partial charge in [-0.25, -0.2) is 9.78 Å². The highest BCUT2D eigenvalue weighted by Gasteiger charge is 2.24. The van der Waals surface area contributed by atoms with Crippen LogP contribution in [0.1, 0.15) is 5.76 Å². The molecule has 0 aliphatic carbocycles. The second kappa shape index (κ2) is 5.11. The standard InChI is InChI=1S/C15H9N3O2S2/c16-13-12(22-15(19)18-13)7-8-5-6-10(20-8)14-17-9-3-1-2-4-11(9)21-14/h1-7H,(H2,16,18,19)/p+1/b12-7+. The predicted octanol–water partition coefficient (Wildman–Crippen LogP) is 2.20. The first-order valence-corrected chi connectivity index (χ1v) is 8.11. The molecule has 1 amide bonds. The fraction of sp³-hybridized carbons (Fsp3) is 0. The summed E-state index contributed by atoms with van der Waals surface area (Å²) in [6.07, 6.45) is 1.74. The van der Waals surface area contributed by atoms with Crippen LogP contribution in [0.15, 0.2) is 45.7 Å². The van der Waals surface area contributed by atoms with Gasteiger partial charge in [-0.2, -0.15) is 4.99 Å². The van der Waals surface area contributed by atoms with E-state index in [2.05, 4.69) is 9.98 Å². The average Bonchev–Trinajstić information content (AvgIpc) is 3.18. The molecule has 0 atom stereocenters. The SMILES string of the molecule is NC1=[NH+]C(=O)S/C1=C/c1ccc(-c2nc3ccccc3s2)o1. The summed E-state index contributed by atoms with van der Waals surface area (Å²) in [5.74, 6) is 1.69. The van der Waals surface area contributed by atoms with Crippen LogP contribution < -0.4 is 10.7 Å². The molecule has 3 heterocycles. The van der Waals surface area contributed by atoms with E-state index in [0.717, 1.165) is 27.0 Å². The first-order valence-electron chi connectivity index (χ1n) is 6.48. The second-order valence-corrected chi connectivity index (χ2v) is 6.67. The quantitative estimate of drug-likeness (QED) is 0.753. The predicted molar refractivity (Wildman–Crippen MR) is 88.4 cm³/mol. The smallest absolute Gasteiger partial charge is 0.372 e. The molecule has 0 unspecified atom stereocenters. The summed E-state index contributed by atoms with van der Waals surface area (Å²) in [7, 11) is 0. The molecule has 22 heavy (non-hydrogen) atoms. The van der Waals surface area contributed by atoms with Crippen LogP contribution in [0.4, 0.5) is 4.79 Å². The molecule has 0 saturated heterocycles. The second-order valence-electron chi connectivity index (χ2n) is 4.63. The van der Waals surface area contributed by atoms with Crippen LogP contribution >= 0.6 is 23.1 Å². The molecule has 108 valence electrons. The summed E-state index contributed by atoms with van der Waals surface area (Å²) in [5.41, 5.74) is 6.69. The van der Waals surface area contributed by atoms with Crippen molar-refractivity contribution in [3.63, 3.8) is 0 Å². The molecule has 1 aliphatic heterocycles. The molecular formula is C15H10N3O2S2+. The van der Waals surface area contributed by atoms with Crippen LogP contribution in [0.25, 0.3) is 27.1 Å². The van der Waals surface area contributed by atoms with Gasteiger partial charge >= 0.3 is 5.24 Å². The number of benzene rings is 1. The minimum atomic E-state index is -0.179. The van der Waals surface area contributed by atoms with Gasteiger partial charge in [0.05, 0.1) is 10.2 Å². The molecule has 0 spiro atoms. The van der Waals surface area contributed by atoms with Gasteiger partial charge in [0.25, 0.3) is 5.84 Å². The van der Waals surface area contributed by atoms with Crippen molar-refractivity contribution in [2.45, 2.75) is 0 Å². The zero-order chi connectivity index (χ0) is 15.1. The maximum atomic E-state index is 11.3. The number of aromatic nitrogens is 1. The van der Waals surface area contributed by atoms with Crippen molar-refractivity contribution >= 4 is 50.5 Å². The minimum absolute atomic E-state index is 0.179. The van der Waals surface area contributed by atoms with Gasteiger partial charge in [-0.05, 0) is 24.3 Å². The molecule has 7 heteroatoms. The van der Waals surface area contributed by atoms with E-state index in [1.807, 2.05) is 36.4 Å². The Kier molecular flexibility index (Phi) is 3.09. The largest absolute Gasteiger partial charge is 0.454 e. The van der Waals surface area contributed by atoms with Gasteiger partial charge in [-0.3, -0.25) is 5.73 Å². The Hall–Kier alpha value is -2.38. The van der Waals surface area contributed by atoms with Crippen LogP contribution in [0.5, 0.6) is 0 Å². The van der Waals surface area contributed by atoms with E-state index in [-0.39, 0.29) is 5.24 Å². The maximum absolute atomic E-state index is 11.3. The highest BCUT2D eigenvalue weighted by molar-refractivity contribution is 8.17. The van der Waals surface area contributed by atoms with E-state index < -0.39 is 0 Å². The number of rotatable bonds is 2. The van der Waals surface area contributed by atoms with Gasteiger partial charge in [0, 0.05) is 17.8 Å². The van der Waals surface area contributed by atoms with E-state index >= 15 is 0 Å². The van der Waals surface area contributed by atoms with Crippen molar-refractivity contribution < 1.29 is 14.2 Å². The zero-order valence-electron chi connectivity index (χ0n) is 11.2. The number of amidine groups is 1. The van der Waals surface area contributed by atoms with Gasteiger partial charge < -0.3 is 4.42 Å². The summed E-state index contributed by atoms with van der Waals surface area (Å²) < 4.78 is 6.91. The van der Waals surface area contributed by atoms with E-state index in [1.165, 1.54) is 0 Å². The first-order chi connectivity index (χ1) is 10.7. The number of hydrogen-bond donors (Lipinski definition) is 2. The third-order valence-electron chi connectivity index (χ3n) is 3.11. The molecule has 5 nitrogen and oxygen atoms in total. The molecule has 0 fully saturated rings. The molecule has 0 radical (unpaired) electrons. The molecule has 1 aliphatic rings. The number of carbonyl (C=O) groups is 1. The first kappa shape index (κ1) is 13.3. The summed E-state index contributed by atoms with van der Waals surface area (Å²) in [4.78, 5) is 19.0. The van der Waals surface area contributed by atoms with Gasteiger partial charge in [-0.15, -0.1) is 11.3 Å². The van der Waals surface area contributed by atoms with Gasteiger partial charge in [-0.1, -0.05) is 12.1 Å². The number of fused-ring (bicyclic) bond motifs is 1. The molecule has 3 N–H and O–H groups in total. The lowest BCUT2D eigenvalue weighted by atomic mass is 10.3. The summed E-state index contributed by atoms with van der Waals surface area (Å²) in [6, 6.07) is 11.7. The van der Waals surface area contributed by atoms with Crippen molar-refractivity contribution in [2.75, 3.05) is 0 Å². The average molecular weight is 328 g/mol. The highest BCUT2D eigenvalue weighted by atomic mass is 32.2. The number of nitrogens with one attached hydrogen (secondary N) is 1. The molecule has 3 aromatic rings. The molecule has 0 saturated carbocycles. The summed E-state index contributed by atoms with van der Waals surface area (Å²) >= 11 is 2.63. The van der Waals surface area contributed by atoms with Crippen LogP contribution in [0, 0.1) is 0 Å². The van der Waals surface area contributed by atoms with E-state index in [4.69, 9.17) is 10.2 Å². The lowest BCUT2D eigenvalue weighted by Gasteiger charge is -1.90. The van der Waals surface area contributed by atoms with Gasteiger partial charge in [0.2, 0.25) is 0 Å². The fourth-order valence-corrected chi connectivity index (χ4v) is 3.74. The van der Waals surface area contributed by atoms with E-state index in [0.29, 0.717) is 22.3 Å². The number of para-hydroxylation sites is 1.